The molecule has 0 aromatic heterocycles. The van der Waals surface area contributed by atoms with Gasteiger partial charge in [-0.05, 0) is 25.2 Å². The Morgan fingerprint density at radius 2 is 2.11 bits per heavy atom. The highest BCUT2D eigenvalue weighted by atomic mass is 32.2. The molecule has 0 atom stereocenters. The average molecular weight is 292 g/mol. The van der Waals surface area contributed by atoms with Crippen LogP contribution in [0.2, 0.25) is 0 Å². The molecule has 1 amide bonds. The summed E-state index contributed by atoms with van der Waals surface area (Å²) in [5.74, 6) is -1.62. The number of thiol groups is 1. The molecule has 1 aromatic carbocycles. The highest BCUT2D eigenvalue weighted by molar-refractivity contribution is 7.89. The van der Waals surface area contributed by atoms with E-state index >= 15 is 0 Å². The molecule has 5 nitrogen and oxygen atoms in total. The molecule has 0 bridgehead atoms. The number of carbonyl (C=O) groups is 1. The molecular weight excluding hydrogens is 279 g/mol. The summed E-state index contributed by atoms with van der Waals surface area (Å²) in [6.45, 7) is -0.0990. The number of benzene rings is 1. The van der Waals surface area contributed by atoms with Gasteiger partial charge in [0.1, 0.15) is 5.82 Å². The molecule has 0 fully saturated rings. The van der Waals surface area contributed by atoms with Crippen molar-refractivity contribution in [2.45, 2.75) is 4.90 Å². The van der Waals surface area contributed by atoms with E-state index in [1.807, 2.05) is 0 Å². The van der Waals surface area contributed by atoms with Crippen LogP contribution in [0.5, 0.6) is 0 Å². The Morgan fingerprint density at radius 3 is 2.72 bits per heavy atom. The fourth-order valence-electron chi connectivity index (χ4n) is 1.18. The Bertz CT molecular complexity index is 546. The van der Waals surface area contributed by atoms with E-state index in [-0.39, 0.29) is 17.9 Å². The largest absolute Gasteiger partial charge is 0.351 e. The van der Waals surface area contributed by atoms with Gasteiger partial charge in [-0.1, -0.05) is 0 Å². The van der Waals surface area contributed by atoms with Gasteiger partial charge in [-0.15, -0.1) is 12.6 Å². The van der Waals surface area contributed by atoms with Crippen molar-refractivity contribution >= 4 is 28.6 Å². The zero-order valence-corrected chi connectivity index (χ0v) is 11.3. The fraction of sp³-hybridized carbons (Fsp3) is 0.300. The summed E-state index contributed by atoms with van der Waals surface area (Å²) in [5, 5.41) is 2.33. The lowest BCUT2D eigenvalue weighted by molar-refractivity contribution is 0.0952. The van der Waals surface area contributed by atoms with Crippen LogP contribution in [0.3, 0.4) is 0 Å². The molecule has 0 saturated heterocycles. The van der Waals surface area contributed by atoms with Crippen molar-refractivity contribution in [3.8, 4) is 0 Å². The topological polar surface area (TPSA) is 75.3 Å². The van der Waals surface area contributed by atoms with Crippen molar-refractivity contribution in [1.82, 2.24) is 10.0 Å². The maximum atomic E-state index is 13.3. The summed E-state index contributed by atoms with van der Waals surface area (Å²) >= 11 is 4.00. The van der Waals surface area contributed by atoms with Gasteiger partial charge in [-0.2, -0.15) is 0 Å². The molecule has 0 aliphatic rings. The van der Waals surface area contributed by atoms with Gasteiger partial charge in [0, 0.05) is 11.4 Å². The summed E-state index contributed by atoms with van der Waals surface area (Å²) in [5.41, 5.74) is -0.163. The van der Waals surface area contributed by atoms with Crippen LogP contribution in [0.4, 0.5) is 4.39 Å². The minimum Gasteiger partial charge on any atom is -0.351 e. The summed E-state index contributed by atoms with van der Waals surface area (Å²) in [6, 6.07) is 3.82. The standard InChI is InChI=1S/C10H13FN2O3S2/c1-12-18(15,16)5-4-13-10(14)8-6-7(17)2-3-9(8)11/h2-3,6,12,17H,4-5H2,1H3,(H,13,14). The maximum Gasteiger partial charge on any atom is 0.254 e. The molecule has 8 heteroatoms. The molecule has 0 saturated carbocycles. The Balaban J connectivity index is 2.64. The number of amides is 1. The van der Waals surface area contributed by atoms with Crippen molar-refractivity contribution in [3.63, 3.8) is 0 Å². The third kappa shape index (κ3) is 4.28. The smallest absolute Gasteiger partial charge is 0.254 e. The second-order valence-electron chi connectivity index (χ2n) is 3.44. The lowest BCUT2D eigenvalue weighted by atomic mass is 10.2. The molecule has 0 aliphatic heterocycles. The Labute approximate surface area is 110 Å². The normalized spacial score (nSPS) is 11.3. The van der Waals surface area contributed by atoms with Gasteiger partial charge in [-0.3, -0.25) is 4.79 Å². The van der Waals surface area contributed by atoms with Crippen LogP contribution in [-0.2, 0) is 10.0 Å². The summed E-state index contributed by atoms with van der Waals surface area (Å²) in [4.78, 5) is 12.0. The van der Waals surface area contributed by atoms with Crippen LogP contribution < -0.4 is 10.0 Å². The first kappa shape index (κ1) is 14.9. The number of rotatable bonds is 5. The van der Waals surface area contributed by atoms with Crippen LogP contribution in [0.1, 0.15) is 10.4 Å². The van der Waals surface area contributed by atoms with E-state index in [0.717, 1.165) is 6.07 Å². The molecule has 0 heterocycles. The molecule has 0 unspecified atom stereocenters. The van der Waals surface area contributed by atoms with E-state index in [2.05, 4.69) is 22.7 Å². The first-order chi connectivity index (χ1) is 8.35. The Morgan fingerprint density at radius 1 is 1.44 bits per heavy atom. The molecular formula is C10H13FN2O3S2. The SMILES string of the molecule is CNS(=O)(=O)CCNC(=O)c1cc(S)ccc1F. The molecule has 0 spiro atoms. The number of carbonyl (C=O) groups excluding carboxylic acids is 1. The Hall–Kier alpha value is -1.12. The van der Waals surface area contributed by atoms with Gasteiger partial charge in [0.15, 0.2) is 0 Å². The quantitative estimate of drug-likeness (QED) is 0.687. The summed E-state index contributed by atoms with van der Waals surface area (Å²) < 4.78 is 37.6. The number of nitrogens with one attached hydrogen (secondary N) is 2. The highest BCUT2D eigenvalue weighted by Crippen LogP contribution is 2.13. The van der Waals surface area contributed by atoms with Crippen LogP contribution in [0.15, 0.2) is 23.1 Å². The first-order valence-electron chi connectivity index (χ1n) is 5.03. The zero-order chi connectivity index (χ0) is 13.8. The van der Waals surface area contributed by atoms with Gasteiger partial charge >= 0.3 is 0 Å². The molecule has 100 valence electrons. The minimum atomic E-state index is -3.39. The summed E-state index contributed by atoms with van der Waals surface area (Å²) in [7, 11) is -2.11. The van der Waals surface area contributed by atoms with Crippen LogP contribution in [0.25, 0.3) is 0 Å². The van der Waals surface area contributed by atoms with Crippen molar-refractivity contribution in [3.05, 3.63) is 29.6 Å². The second kappa shape index (κ2) is 6.17. The molecule has 2 N–H and O–H groups in total. The molecule has 1 rings (SSSR count). The number of halogens is 1. The van der Waals surface area contributed by atoms with E-state index in [0.29, 0.717) is 4.90 Å². The predicted octanol–water partition coefficient (Wildman–Crippen LogP) is 0.393. The van der Waals surface area contributed by atoms with Crippen LogP contribution in [0, 0.1) is 5.82 Å². The number of hydrogen-bond donors (Lipinski definition) is 3. The molecule has 18 heavy (non-hydrogen) atoms. The predicted molar refractivity (Wildman–Crippen MR) is 68.8 cm³/mol. The summed E-state index contributed by atoms with van der Waals surface area (Å²) in [6.07, 6.45) is 0. The number of hydrogen-bond acceptors (Lipinski definition) is 4. The van der Waals surface area contributed by atoms with Crippen molar-refractivity contribution in [2.75, 3.05) is 19.3 Å². The lowest BCUT2D eigenvalue weighted by Gasteiger charge is -2.07. The van der Waals surface area contributed by atoms with E-state index in [1.165, 1.54) is 19.2 Å². The van der Waals surface area contributed by atoms with Gasteiger partial charge in [0.2, 0.25) is 10.0 Å². The molecule has 0 radical (unpaired) electrons. The van der Waals surface area contributed by atoms with E-state index in [1.54, 1.807) is 0 Å². The van der Waals surface area contributed by atoms with Crippen LogP contribution >= 0.6 is 12.6 Å². The van der Waals surface area contributed by atoms with Gasteiger partial charge in [-0.25, -0.2) is 17.5 Å². The highest BCUT2D eigenvalue weighted by Gasteiger charge is 2.13. The van der Waals surface area contributed by atoms with Gasteiger partial charge in [0.25, 0.3) is 5.91 Å². The third-order valence-corrected chi connectivity index (χ3v) is 3.80. The minimum absolute atomic E-state index is 0.0990. The molecule has 0 aliphatic carbocycles. The van der Waals surface area contributed by atoms with Gasteiger partial charge in [0.05, 0.1) is 11.3 Å². The zero-order valence-electron chi connectivity index (χ0n) is 9.60. The van der Waals surface area contributed by atoms with Crippen molar-refractivity contribution < 1.29 is 17.6 Å². The van der Waals surface area contributed by atoms with E-state index < -0.39 is 21.7 Å². The first-order valence-corrected chi connectivity index (χ1v) is 7.13. The van der Waals surface area contributed by atoms with Crippen molar-refractivity contribution in [1.29, 1.82) is 0 Å². The Kier molecular flexibility index (Phi) is 5.12. The van der Waals surface area contributed by atoms with Crippen molar-refractivity contribution in [2.24, 2.45) is 0 Å². The van der Waals surface area contributed by atoms with Gasteiger partial charge < -0.3 is 5.32 Å². The van der Waals surface area contributed by atoms with E-state index in [9.17, 15) is 17.6 Å². The second-order valence-corrected chi connectivity index (χ2v) is 6.01. The lowest BCUT2D eigenvalue weighted by Crippen LogP contribution is -2.33. The van der Waals surface area contributed by atoms with Crippen LogP contribution in [-0.4, -0.2) is 33.7 Å². The molecule has 1 aromatic rings. The number of sulfonamides is 1. The fourth-order valence-corrected chi connectivity index (χ4v) is 1.96. The monoisotopic (exact) mass is 292 g/mol. The average Bonchev–Trinajstić information content (AvgIpc) is 2.32. The third-order valence-electron chi connectivity index (χ3n) is 2.16. The maximum absolute atomic E-state index is 13.3. The van der Waals surface area contributed by atoms with E-state index in [4.69, 9.17) is 0 Å².